The molecule has 2 nitrogen and oxygen atoms in total. The van der Waals surface area contributed by atoms with Crippen molar-refractivity contribution in [1.29, 1.82) is 0 Å². The van der Waals surface area contributed by atoms with Gasteiger partial charge in [-0.1, -0.05) is 51.1 Å². The van der Waals surface area contributed by atoms with Gasteiger partial charge in [-0.2, -0.15) is 0 Å². The van der Waals surface area contributed by atoms with Crippen LogP contribution in [0.5, 0.6) is 0 Å². The second kappa shape index (κ2) is 6.73. The number of likely N-dealkylation sites (tertiary alicyclic amines) is 1. The van der Waals surface area contributed by atoms with Crippen molar-refractivity contribution in [1.82, 2.24) is 4.90 Å². The number of nitrogens with zero attached hydrogens (tertiary/aromatic N) is 1. The molecule has 1 saturated heterocycles. The molecule has 2 unspecified atom stereocenters. The molecule has 20 heavy (non-hydrogen) atoms. The predicted molar refractivity (Wildman–Crippen MR) is 86.7 cm³/mol. The van der Waals surface area contributed by atoms with Crippen LogP contribution in [0.3, 0.4) is 0 Å². The Bertz CT molecular complexity index is 394. The molecule has 1 aliphatic heterocycles. The van der Waals surface area contributed by atoms with Crippen LogP contribution in [-0.2, 0) is 6.42 Å². The lowest BCUT2D eigenvalue weighted by atomic mass is 9.80. The Kier molecular flexibility index (Phi) is 5.22. The van der Waals surface area contributed by atoms with E-state index in [-0.39, 0.29) is 0 Å². The van der Waals surface area contributed by atoms with Crippen molar-refractivity contribution in [2.75, 3.05) is 19.6 Å². The summed E-state index contributed by atoms with van der Waals surface area (Å²) >= 11 is 0. The second-order valence-electron chi connectivity index (χ2n) is 7.40. The molecule has 0 aliphatic carbocycles. The SMILES string of the molecule is CC(C)(C)C1CCN(CC(N)CCc2ccccc2)C1. The van der Waals surface area contributed by atoms with Crippen LogP contribution in [0.4, 0.5) is 0 Å². The van der Waals surface area contributed by atoms with E-state index in [1.807, 2.05) is 0 Å². The molecular weight excluding hydrogens is 244 g/mol. The Morgan fingerprint density at radius 1 is 1.25 bits per heavy atom. The van der Waals surface area contributed by atoms with Crippen molar-refractivity contribution >= 4 is 0 Å². The van der Waals surface area contributed by atoms with Crippen molar-refractivity contribution in [3.63, 3.8) is 0 Å². The minimum atomic E-state index is 0.300. The summed E-state index contributed by atoms with van der Waals surface area (Å²) < 4.78 is 0. The molecule has 0 amide bonds. The molecule has 1 heterocycles. The van der Waals surface area contributed by atoms with Gasteiger partial charge in [0.1, 0.15) is 0 Å². The van der Waals surface area contributed by atoms with Crippen LogP contribution in [0, 0.1) is 11.3 Å². The van der Waals surface area contributed by atoms with Crippen LogP contribution >= 0.6 is 0 Å². The standard InChI is InChI=1S/C18H30N2/c1-18(2,3)16-11-12-20(13-16)14-17(19)10-9-15-7-5-4-6-8-15/h4-8,16-17H,9-14,19H2,1-3H3. The van der Waals surface area contributed by atoms with Gasteiger partial charge < -0.3 is 10.6 Å². The van der Waals surface area contributed by atoms with E-state index < -0.39 is 0 Å². The Morgan fingerprint density at radius 2 is 1.95 bits per heavy atom. The molecule has 1 aromatic rings. The predicted octanol–water partition coefficient (Wildman–Crippen LogP) is 3.31. The molecule has 0 aromatic heterocycles. The quantitative estimate of drug-likeness (QED) is 0.892. The van der Waals surface area contributed by atoms with Crippen molar-refractivity contribution in [2.45, 2.75) is 46.1 Å². The van der Waals surface area contributed by atoms with E-state index in [1.54, 1.807) is 0 Å². The molecular formula is C18H30N2. The lowest BCUT2D eigenvalue weighted by Crippen LogP contribution is -2.37. The largest absolute Gasteiger partial charge is 0.327 e. The summed E-state index contributed by atoms with van der Waals surface area (Å²) in [5.74, 6) is 0.823. The Labute approximate surface area is 124 Å². The summed E-state index contributed by atoms with van der Waals surface area (Å²) in [5.41, 5.74) is 8.15. The van der Waals surface area contributed by atoms with Gasteiger partial charge in [-0.25, -0.2) is 0 Å². The number of nitrogens with two attached hydrogens (primary N) is 1. The fourth-order valence-corrected chi connectivity index (χ4v) is 3.13. The smallest absolute Gasteiger partial charge is 0.0170 e. The molecule has 2 heteroatoms. The first kappa shape index (κ1) is 15.5. The highest BCUT2D eigenvalue weighted by atomic mass is 15.2. The molecule has 0 radical (unpaired) electrons. The topological polar surface area (TPSA) is 29.3 Å². The van der Waals surface area contributed by atoms with Gasteiger partial charge in [0.2, 0.25) is 0 Å². The third-order valence-electron chi connectivity index (χ3n) is 4.64. The van der Waals surface area contributed by atoms with Gasteiger partial charge in [-0.3, -0.25) is 0 Å². The molecule has 1 fully saturated rings. The molecule has 1 aliphatic rings. The zero-order chi connectivity index (χ0) is 14.6. The molecule has 2 rings (SSSR count). The van der Waals surface area contributed by atoms with E-state index in [0.29, 0.717) is 11.5 Å². The fraction of sp³-hybridized carbons (Fsp3) is 0.667. The average molecular weight is 274 g/mol. The van der Waals surface area contributed by atoms with Crippen molar-refractivity contribution in [3.8, 4) is 0 Å². The third-order valence-corrected chi connectivity index (χ3v) is 4.64. The third kappa shape index (κ3) is 4.60. The van der Waals surface area contributed by atoms with Crippen molar-refractivity contribution in [3.05, 3.63) is 35.9 Å². The van der Waals surface area contributed by atoms with E-state index in [4.69, 9.17) is 5.73 Å². The Hall–Kier alpha value is -0.860. The maximum Gasteiger partial charge on any atom is 0.0170 e. The molecule has 0 bridgehead atoms. The van der Waals surface area contributed by atoms with Gasteiger partial charge in [-0.15, -0.1) is 0 Å². The Balaban J connectivity index is 1.72. The van der Waals surface area contributed by atoms with Crippen molar-refractivity contribution < 1.29 is 0 Å². The zero-order valence-corrected chi connectivity index (χ0v) is 13.3. The Morgan fingerprint density at radius 3 is 2.55 bits per heavy atom. The lowest BCUT2D eigenvalue weighted by Gasteiger charge is -2.27. The maximum atomic E-state index is 6.31. The number of benzene rings is 1. The highest BCUT2D eigenvalue weighted by Gasteiger charge is 2.31. The maximum absolute atomic E-state index is 6.31. The van der Waals surface area contributed by atoms with Crippen LogP contribution in [0.1, 0.15) is 39.2 Å². The minimum absolute atomic E-state index is 0.300. The van der Waals surface area contributed by atoms with E-state index in [0.717, 1.165) is 25.3 Å². The van der Waals surface area contributed by atoms with E-state index in [2.05, 4.69) is 56.0 Å². The molecule has 2 N–H and O–H groups in total. The molecule has 1 aromatic carbocycles. The minimum Gasteiger partial charge on any atom is -0.327 e. The molecule has 2 atom stereocenters. The van der Waals surface area contributed by atoms with Crippen LogP contribution in [0.2, 0.25) is 0 Å². The van der Waals surface area contributed by atoms with Gasteiger partial charge in [0, 0.05) is 19.1 Å². The summed E-state index contributed by atoms with van der Waals surface area (Å²) in [5, 5.41) is 0. The summed E-state index contributed by atoms with van der Waals surface area (Å²) in [7, 11) is 0. The first-order valence-electron chi connectivity index (χ1n) is 7.97. The summed E-state index contributed by atoms with van der Waals surface area (Å²) in [4.78, 5) is 2.56. The normalized spacial score (nSPS) is 22.1. The molecule has 0 spiro atoms. The first-order chi connectivity index (χ1) is 9.45. The highest BCUT2D eigenvalue weighted by molar-refractivity contribution is 5.14. The fourth-order valence-electron chi connectivity index (χ4n) is 3.13. The van der Waals surface area contributed by atoms with Crippen LogP contribution in [-0.4, -0.2) is 30.6 Å². The van der Waals surface area contributed by atoms with Crippen LogP contribution < -0.4 is 5.73 Å². The lowest BCUT2D eigenvalue weighted by molar-refractivity contribution is 0.223. The summed E-state index contributed by atoms with van der Waals surface area (Å²) in [6.07, 6.45) is 3.51. The monoisotopic (exact) mass is 274 g/mol. The summed E-state index contributed by atoms with van der Waals surface area (Å²) in [6, 6.07) is 11.0. The number of hydrogen-bond acceptors (Lipinski definition) is 2. The van der Waals surface area contributed by atoms with E-state index in [1.165, 1.54) is 25.1 Å². The van der Waals surface area contributed by atoms with Gasteiger partial charge in [0.05, 0.1) is 0 Å². The van der Waals surface area contributed by atoms with Crippen molar-refractivity contribution in [2.24, 2.45) is 17.1 Å². The van der Waals surface area contributed by atoms with Crippen LogP contribution in [0.25, 0.3) is 0 Å². The molecule has 112 valence electrons. The van der Waals surface area contributed by atoms with Gasteiger partial charge in [-0.05, 0) is 42.7 Å². The zero-order valence-electron chi connectivity index (χ0n) is 13.3. The summed E-state index contributed by atoms with van der Waals surface area (Å²) in [6.45, 7) is 10.6. The number of hydrogen-bond donors (Lipinski definition) is 1. The highest BCUT2D eigenvalue weighted by Crippen LogP contribution is 2.33. The number of aryl methyl sites for hydroxylation is 1. The average Bonchev–Trinajstić information content (AvgIpc) is 2.86. The van der Waals surface area contributed by atoms with E-state index >= 15 is 0 Å². The van der Waals surface area contributed by atoms with E-state index in [9.17, 15) is 0 Å². The van der Waals surface area contributed by atoms with Gasteiger partial charge in [0.15, 0.2) is 0 Å². The second-order valence-corrected chi connectivity index (χ2v) is 7.40. The van der Waals surface area contributed by atoms with Crippen LogP contribution in [0.15, 0.2) is 30.3 Å². The molecule has 0 saturated carbocycles. The number of rotatable bonds is 5. The van der Waals surface area contributed by atoms with Gasteiger partial charge >= 0.3 is 0 Å². The van der Waals surface area contributed by atoms with Gasteiger partial charge in [0.25, 0.3) is 0 Å². The first-order valence-corrected chi connectivity index (χ1v) is 7.97.